The summed E-state index contributed by atoms with van der Waals surface area (Å²) in [6.07, 6.45) is 3.30. The van der Waals surface area contributed by atoms with Crippen molar-refractivity contribution in [1.82, 2.24) is 20.1 Å². The summed E-state index contributed by atoms with van der Waals surface area (Å²) < 4.78 is 1.24. The second-order valence-electron chi connectivity index (χ2n) is 7.16. The summed E-state index contributed by atoms with van der Waals surface area (Å²) in [5.41, 5.74) is 5.28. The molecule has 5 nitrogen and oxygen atoms in total. The van der Waals surface area contributed by atoms with E-state index in [0.29, 0.717) is 6.04 Å². The minimum atomic E-state index is 0.0228. The topological polar surface area (TPSA) is 51.4 Å². The molecule has 0 saturated carbocycles. The monoisotopic (exact) mass is 464 g/mol. The maximum atomic E-state index is 12.5. The highest BCUT2D eigenvalue weighted by Gasteiger charge is 2.35. The highest BCUT2D eigenvalue weighted by molar-refractivity contribution is 14.1. The molecule has 4 rings (SSSR count). The maximum Gasteiger partial charge on any atom is 0.317 e. The predicted molar refractivity (Wildman–Crippen MR) is 114 cm³/mol. The van der Waals surface area contributed by atoms with Crippen molar-refractivity contribution in [3.05, 3.63) is 39.1 Å². The number of H-pyrrole nitrogens is 1. The van der Waals surface area contributed by atoms with Gasteiger partial charge in [0.1, 0.15) is 0 Å². The van der Waals surface area contributed by atoms with Crippen molar-refractivity contribution in [2.24, 2.45) is 0 Å². The van der Waals surface area contributed by atoms with Crippen molar-refractivity contribution < 1.29 is 4.79 Å². The summed E-state index contributed by atoms with van der Waals surface area (Å²) >= 11 is 2.41. The third-order valence-corrected chi connectivity index (χ3v) is 6.62. The number of halogens is 1. The summed E-state index contributed by atoms with van der Waals surface area (Å²) in [7, 11) is 2.17. The lowest BCUT2D eigenvalue weighted by atomic mass is 9.81. The molecule has 2 atom stereocenters. The number of nitrogens with zero attached hydrogens (tertiary/aromatic N) is 2. The molecule has 2 N–H and O–H groups in total. The first-order valence-corrected chi connectivity index (χ1v) is 10.4. The van der Waals surface area contributed by atoms with E-state index in [9.17, 15) is 4.79 Å². The van der Waals surface area contributed by atoms with Crippen molar-refractivity contribution in [3.63, 3.8) is 0 Å². The number of benzene rings is 1. The number of aromatic amines is 1. The van der Waals surface area contributed by atoms with Gasteiger partial charge in [-0.3, -0.25) is 4.90 Å². The first-order valence-electron chi connectivity index (χ1n) is 9.30. The average molecular weight is 464 g/mol. The Balaban J connectivity index is 1.72. The number of fused-ring (bicyclic) bond motifs is 2. The molecule has 0 saturated heterocycles. The van der Waals surface area contributed by atoms with E-state index in [-0.39, 0.29) is 12.1 Å². The molecule has 0 bridgehead atoms. The fourth-order valence-corrected chi connectivity index (χ4v) is 5.13. The van der Waals surface area contributed by atoms with Gasteiger partial charge in [0, 0.05) is 36.6 Å². The van der Waals surface area contributed by atoms with E-state index in [1.165, 1.54) is 31.3 Å². The number of carbonyl (C=O) groups is 1. The third-order valence-electron chi connectivity index (χ3n) is 5.70. The fourth-order valence-electron chi connectivity index (χ4n) is 4.35. The van der Waals surface area contributed by atoms with Crippen LogP contribution >= 0.6 is 22.6 Å². The Morgan fingerprint density at radius 2 is 2.15 bits per heavy atom. The molecule has 1 aliphatic heterocycles. The van der Waals surface area contributed by atoms with Crippen LogP contribution in [-0.2, 0) is 6.42 Å². The molecular formula is C20H25IN4O. The van der Waals surface area contributed by atoms with Gasteiger partial charge in [-0.25, -0.2) is 4.79 Å². The van der Waals surface area contributed by atoms with Crippen LogP contribution in [0, 0.1) is 3.70 Å². The number of likely N-dealkylation sites (N-methyl/N-ethyl adjacent to an activating group) is 1. The first-order chi connectivity index (χ1) is 12.5. The molecule has 2 amide bonds. The van der Waals surface area contributed by atoms with Crippen LogP contribution < -0.4 is 5.32 Å². The van der Waals surface area contributed by atoms with Gasteiger partial charge in [-0.05, 0) is 72.7 Å². The predicted octanol–water partition coefficient (Wildman–Crippen LogP) is 3.45. The van der Waals surface area contributed by atoms with Crippen LogP contribution in [0.1, 0.15) is 25.0 Å². The van der Waals surface area contributed by atoms with E-state index in [2.05, 4.69) is 69.1 Å². The molecular weight excluding hydrogens is 439 g/mol. The number of carbonyl (C=O) groups excluding carboxylic acids is 1. The van der Waals surface area contributed by atoms with E-state index < -0.39 is 0 Å². The van der Waals surface area contributed by atoms with Gasteiger partial charge in [0.25, 0.3) is 0 Å². The molecule has 0 radical (unpaired) electrons. The third kappa shape index (κ3) is 2.83. The van der Waals surface area contributed by atoms with Crippen molar-refractivity contribution in [1.29, 1.82) is 0 Å². The Hall–Kier alpha value is -1.54. The minimum Gasteiger partial charge on any atom is -0.350 e. The quantitative estimate of drug-likeness (QED) is 0.684. The largest absolute Gasteiger partial charge is 0.350 e. The fraction of sp³-hybridized carbons (Fsp3) is 0.450. The van der Waals surface area contributed by atoms with Crippen molar-refractivity contribution in [3.8, 4) is 0 Å². The molecule has 1 aromatic heterocycles. The molecule has 0 unspecified atom stereocenters. The zero-order valence-electron chi connectivity index (χ0n) is 15.5. The number of aromatic nitrogens is 1. The molecule has 138 valence electrons. The van der Waals surface area contributed by atoms with Crippen LogP contribution in [0.3, 0.4) is 0 Å². The normalized spacial score (nSPS) is 22.1. The Labute approximate surface area is 167 Å². The van der Waals surface area contributed by atoms with Crippen molar-refractivity contribution >= 4 is 45.1 Å². The molecule has 26 heavy (non-hydrogen) atoms. The van der Waals surface area contributed by atoms with Crippen LogP contribution in [0.25, 0.3) is 16.5 Å². The van der Waals surface area contributed by atoms with Gasteiger partial charge >= 0.3 is 6.03 Å². The van der Waals surface area contributed by atoms with Crippen molar-refractivity contribution in [2.45, 2.75) is 32.4 Å². The van der Waals surface area contributed by atoms with Crippen LogP contribution in [0.2, 0.25) is 0 Å². The molecule has 0 fully saturated rings. The van der Waals surface area contributed by atoms with Crippen molar-refractivity contribution in [2.75, 3.05) is 26.7 Å². The number of urea groups is 1. The maximum absolute atomic E-state index is 12.5. The summed E-state index contributed by atoms with van der Waals surface area (Å²) in [6.45, 7) is 6.33. The Kier molecular flexibility index (Phi) is 4.73. The highest BCUT2D eigenvalue weighted by Crippen LogP contribution is 2.41. The van der Waals surface area contributed by atoms with Gasteiger partial charge in [-0.2, -0.15) is 0 Å². The molecule has 2 heterocycles. The van der Waals surface area contributed by atoms with Crippen LogP contribution in [0.15, 0.2) is 24.3 Å². The lowest BCUT2D eigenvalue weighted by molar-refractivity contribution is 0.193. The Morgan fingerprint density at radius 3 is 2.88 bits per heavy atom. The first kappa shape index (κ1) is 17.9. The lowest BCUT2D eigenvalue weighted by Gasteiger charge is -2.40. The number of rotatable bonds is 3. The second-order valence-corrected chi connectivity index (χ2v) is 8.23. The molecule has 1 aliphatic carbocycles. The summed E-state index contributed by atoms with van der Waals surface area (Å²) in [4.78, 5) is 20.2. The lowest BCUT2D eigenvalue weighted by Crippen LogP contribution is -2.52. The van der Waals surface area contributed by atoms with Gasteiger partial charge in [-0.1, -0.05) is 18.2 Å². The Bertz CT molecular complexity index is 883. The Morgan fingerprint density at radius 1 is 1.38 bits per heavy atom. The molecule has 2 aromatic rings. The summed E-state index contributed by atoms with van der Waals surface area (Å²) in [5, 5.41) is 4.56. The number of amides is 2. The molecule has 1 aromatic carbocycles. The van der Waals surface area contributed by atoms with E-state index in [1.54, 1.807) is 0 Å². The molecule has 6 heteroatoms. The van der Waals surface area contributed by atoms with E-state index in [0.717, 1.165) is 26.1 Å². The van der Waals surface area contributed by atoms with Crippen LogP contribution in [0.4, 0.5) is 4.79 Å². The van der Waals surface area contributed by atoms with Gasteiger partial charge in [-0.15, -0.1) is 0 Å². The highest BCUT2D eigenvalue weighted by atomic mass is 127. The molecule has 2 aliphatic rings. The second kappa shape index (κ2) is 6.88. The standard InChI is InChI=1S/C20H25IN4O/c1-4-25(5-2)20(26)22-12-9-14-13-7-6-8-16-18(13)15(19(21)23-16)10-17(14)24(3)11-12/h6-9,12,17,23H,4-5,10-11H2,1-3H3,(H,22,26)/t12-,17+/m0/s1. The SMILES string of the molecule is CCN(CC)C(=O)N[C@H]1C=C2c3cccc4[nH]c(I)c(c34)C[C@H]2N(C)C1. The number of nitrogens with one attached hydrogen (secondary N) is 2. The zero-order valence-corrected chi connectivity index (χ0v) is 17.6. The summed E-state index contributed by atoms with van der Waals surface area (Å²) in [6, 6.07) is 6.92. The van der Waals surface area contributed by atoms with E-state index >= 15 is 0 Å². The number of hydrogen-bond donors (Lipinski definition) is 2. The molecule has 0 spiro atoms. The average Bonchev–Trinajstić information content (AvgIpc) is 2.94. The van der Waals surface area contributed by atoms with E-state index in [4.69, 9.17) is 0 Å². The zero-order chi connectivity index (χ0) is 18.4. The smallest absolute Gasteiger partial charge is 0.317 e. The van der Waals surface area contributed by atoms with Gasteiger partial charge in [0.2, 0.25) is 0 Å². The van der Waals surface area contributed by atoms with Crippen LogP contribution in [-0.4, -0.2) is 59.6 Å². The minimum absolute atomic E-state index is 0.0228. The number of hydrogen-bond acceptors (Lipinski definition) is 2. The van der Waals surface area contributed by atoms with Crippen LogP contribution in [0.5, 0.6) is 0 Å². The van der Waals surface area contributed by atoms with Gasteiger partial charge in [0.05, 0.1) is 9.74 Å². The van der Waals surface area contributed by atoms with Gasteiger partial charge < -0.3 is 15.2 Å². The van der Waals surface area contributed by atoms with Gasteiger partial charge in [0.15, 0.2) is 0 Å². The van der Waals surface area contributed by atoms with E-state index in [1.807, 2.05) is 18.7 Å². The summed E-state index contributed by atoms with van der Waals surface area (Å²) in [5.74, 6) is 0.